The molecule has 3 aromatic rings. The molecule has 0 atom stereocenters. The van der Waals surface area contributed by atoms with Gasteiger partial charge in [0.05, 0.1) is 18.5 Å². The van der Waals surface area contributed by atoms with Crippen molar-refractivity contribution in [1.82, 2.24) is 24.0 Å². The van der Waals surface area contributed by atoms with Crippen LogP contribution in [-0.4, -0.2) is 73.7 Å². The average molecular weight is 459 g/mol. The lowest BCUT2D eigenvalue weighted by Crippen LogP contribution is -2.55. The number of nitrogens with zero attached hydrogens (tertiary/aromatic N) is 6. The van der Waals surface area contributed by atoms with Crippen LogP contribution in [0.4, 0.5) is 5.82 Å². The number of carbonyl (C=O) groups excluding carboxylic acids is 1. The van der Waals surface area contributed by atoms with E-state index in [-0.39, 0.29) is 35.9 Å². The van der Waals surface area contributed by atoms with Gasteiger partial charge in [-0.15, -0.1) is 0 Å². The lowest BCUT2D eigenvalue weighted by atomic mass is 10.1. The highest BCUT2D eigenvalue weighted by atomic mass is 32.1. The molecule has 12 nitrogen and oxygen atoms in total. The second-order valence-electron chi connectivity index (χ2n) is 7.33. The third-order valence-electron chi connectivity index (χ3n) is 5.12. The van der Waals surface area contributed by atoms with Crippen LogP contribution in [0.3, 0.4) is 0 Å². The fourth-order valence-corrected chi connectivity index (χ4v) is 3.98. The number of amides is 1. The van der Waals surface area contributed by atoms with E-state index >= 15 is 0 Å². The van der Waals surface area contributed by atoms with E-state index in [1.165, 1.54) is 22.2 Å². The zero-order chi connectivity index (χ0) is 23.0. The summed E-state index contributed by atoms with van der Waals surface area (Å²) in [4.78, 5) is 52.6. The van der Waals surface area contributed by atoms with Gasteiger partial charge in [-0.25, -0.2) is 19.8 Å². The van der Waals surface area contributed by atoms with Crippen LogP contribution in [-0.2, 0) is 9.63 Å². The molecule has 0 spiro atoms. The van der Waals surface area contributed by atoms with Crippen molar-refractivity contribution in [3.63, 3.8) is 0 Å². The Labute approximate surface area is 186 Å². The number of nitrogens with two attached hydrogens (primary N) is 1. The van der Waals surface area contributed by atoms with Gasteiger partial charge in [0, 0.05) is 37.7 Å². The summed E-state index contributed by atoms with van der Waals surface area (Å²) in [5.41, 5.74) is 5.32. The standard InChI is InChI=1S/C19H21N7O5S/c1-10-5-13(25-6-11(7-25)31-24(2)14(27)3-4-20)23-17-15(10)16(28)12(18(29)30)8-26(17)19-21-9-22-32-19/h5,8-9,11H,3-4,6-7,20H2,1-2H3,(H,29,30). The van der Waals surface area contributed by atoms with Gasteiger partial charge in [0.2, 0.25) is 16.5 Å². The quantitative estimate of drug-likeness (QED) is 0.467. The smallest absolute Gasteiger partial charge is 0.341 e. The van der Waals surface area contributed by atoms with E-state index in [1.54, 1.807) is 20.0 Å². The van der Waals surface area contributed by atoms with Gasteiger partial charge in [0.1, 0.15) is 23.8 Å². The first-order chi connectivity index (χ1) is 15.3. The highest BCUT2D eigenvalue weighted by molar-refractivity contribution is 7.08. The number of rotatable bonds is 7. The van der Waals surface area contributed by atoms with E-state index < -0.39 is 11.4 Å². The van der Waals surface area contributed by atoms with Gasteiger partial charge < -0.3 is 15.7 Å². The Kier molecular flexibility index (Phi) is 5.86. The van der Waals surface area contributed by atoms with E-state index in [0.717, 1.165) is 11.5 Å². The molecular weight excluding hydrogens is 438 g/mol. The molecule has 32 heavy (non-hydrogen) atoms. The summed E-state index contributed by atoms with van der Waals surface area (Å²) in [6, 6.07) is 1.74. The van der Waals surface area contributed by atoms with Crippen molar-refractivity contribution in [3.05, 3.63) is 39.9 Å². The van der Waals surface area contributed by atoms with Crippen LogP contribution in [0, 0.1) is 6.92 Å². The van der Waals surface area contributed by atoms with Gasteiger partial charge in [-0.05, 0) is 18.6 Å². The molecule has 1 fully saturated rings. The Morgan fingerprint density at radius 2 is 2.16 bits per heavy atom. The summed E-state index contributed by atoms with van der Waals surface area (Å²) in [5.74, 6) is -0.915. The summed E-state index contributed by atoms with van der Waals surface area (Å²) in [7, 11) is 1.56. The number of anilines is 1. The van der Waals surface area contributed by atoms with E-state index in [9.17, 15) is 19.5 Å². The Hall–Kier alpha value is -3.42. The first kappa shape index (κ1) is 21.8. The van der Waals surface area contributed by atoms with Crippen molar-refractivity contribution in [1.29, 1.82) is 0 Å². The molecule has 0 aromatic carbocycles. The molecule has 1 amide bonds. The molecule has 1 saturated heterocycles. The second kappa shape index (κ2) is 8.61. The highest BCUT2D eigenvalue weighted by Gasteiger charge is 2.32. The number of carboxylic acid groups (broad SMARTS) is 1. The summed E-state index contributed by atoms with van der Waals surface area (Å²) in [5, 5.41) is 11.3. The Bertz CT molecular complexity index is 1240. The van der Waals surface area contributed by atoms with E-state index in [1.807, 2.05) is 4.90 Å². The van der Waals surface area contributed by atoms with Crippen molar-refractivity contribution in [2.45, 2.75) is 19.4 Å². The predicted octanol–water partition coefficient (Wildman–Crippen LogP) is 0.171. The van der Waals surface area contributed by atoms with E-state index in [4.69, 9.17) is 10.6 Å². The zero-order valence-corrected chi connectivity index (χ0v) is 18.2. The van der Waals surface area contributed by atoms with Crippen LogP contribution in [0.25, 0.3) is 16.2 Å². The minimum Gasteiger partial charge on any atom is -0.477 e. The minimum absolute atomic E-state index is 0.194. The fraction of sp³-hybridized carbons (Fsp3) is 0.368. The van der Waals surface area contributed by atoms with Gasteiger partial charge in [0.25, 0.3) is 0 Å². The highest BCUT2D eigenvalue weighted by Crippen LogP contribution is 2.27. The maximum Gasteiger partial charge on any atom is 0.341 e. The molecule has 0 aliphatic carbocycles. The van der Waals surface area contributed by atoms with Gasteiger partial charge in [-0.1, -0.05) is 0 Å². The summed E-state index contributed by atoms with van der Waals surface area (Å²) in [6.07, 6.45) is 2.59. The Balaban J connectivity index is 1.67. The van der Waals surface area contributed by atoms with Crippen molar-refractivity contribution in [2.24, 2.45) is 5.73 Å². The molecule has 0 saturated carbocycles. The third kappa shape index (κ3) is 3.92. The second-order valence-corrected chi connectivity index (χ2v) is 8.09. The lowest BCUT2D eigenvalue weighted by Gasteiger charge is -2.41. The summed E-state index contributed by atoms with van der Waals surface area (Å²) < 4.78 is 5.44. The van der Waals surface area contributed by atoms with Crippen LogP contribution < -0.4 is 16.1 Å². The Morgan fingerprint density at radius 3 is 2.78 bits per heavy atom. The maximum atomic E-state index is 12.8. The molecule has 3 aromatic heterocycles. The van der Waals surface area contributed by atoms with Crippen molar-refractivity contribution < 1.29 is 19.5 Å². The number of hydrogen-bond acceptors (Lipinski definition) is 10. The molecule has 4 rings (SSSR count). The molecule has 13 heteroatoms. The van der Waals surface area contributed by atoms with Crippen LogP contribution in [0.15, 0.2) is 23.4 Å². The monoisotopic (exact) mass is 459 g/mol. The van der Waals surface area contributed by atoms with Crippen molar-refractivity contribution >= 4 is 40.3 Å². The predicted molar refractivity (Wildman–Crippen MR) is 116 cm³/mol. The molecule has 1 aliphatic rings. The molecule has 168 valence electrons. The first-order valence-corrected chi connectivity index (χ1v) is 10.5. The van der Waals surface area contributed by atoms with Crippen LogP contribution in [0.2, 0.25) is 0 Å². The molecule has 0 unspecified atom stereocenters. The number of hydrogen-bond donors (Lipinski definition) is 2. The van der Waals surface area contributed by atoms with Gasteiger partial charge >= 0.3 is 5.97 Å². The lowest BCUT2D eigenvalue weighted by molar-refractivity contribution is -0.200. The molecule has 3 N–H and O–H groups in total. The summed E-state index contributed by atoms with van der Waals surface area (Å²) in [6.45, 7) is 2.98. The fourth-order valence-electron chi connectivity index (χ4n) is 3.47. The molecule has 0 bridgehead atoms. The van der Waals surface area contributed by atoms with Crippen LogP contribution >= 0.6 is 11.5 Å². The zero-order valence-electron chi connectivity index (χ0n) is 17.4. The number of hydroxylamine groups is 2. The van der Waals surface area contributed by atoms with Crippen LogP contribution in [0.1, 0.15) is 22.3 Å². The number of aromatic nitrogens is 4. The number of fused-ring (bicyclic) bond motifs is 1. The normalized spacial score (nSPS) is 13.9. The van der Waals surface area contributed by atoms with E-state index in [0.29, 0.717) is 35.2 Å². The van der Waals surface area contributed by atoms with Gasteiger partial charge in [-0.2, -0.15) is 4.37 Å². The summed E-state index contributed by atoms with van der Waals surface area (Å²) >= 11 is 1.06. The van der Waals surface area contributed by atoms with Crippen LogP contribution in [0.5, 0.6) is 0 Å². The van der Waals surface area contributed by atoms with Crippen molar-refractivity contribution in [2.75, 3.05) is 31.6 Å². The molecule has 4 heterocycles. The number of aromatic carboxylic acids is 1. The third-order valence-corrected chi connectivity index (χ3v) is 5.78. The van der Waals surface area contributed by atoms with Gasteiger partial charge in [0.15, 0.2) is 5.65 Å². The largest absolute Gasteiger partial charge is 0.477 e. The number of aryl methyl sites for hydroxylation is 1. The number of pyridine rings is 2. The first-order valence-electron chi connectivity index (χ1n) is 9.75. The minimum atomic E-state index is -1.32. The van der Waals surface area contributed by atoms with Gasteiger partial charge in [-0.3, -0.25) is 19.0 Å². The number of carbonyl (C=O) groups is 2. The number of carboxylic acids is 1. The topological polar surface area (TPSA) is 157 Å². The van der Waals surface area contributed by atoms with E-state index in [2.05, 4.69) is 14.3 Å². The average Bonchev–Trinajstić information content (AvgIpc) is 3.24. The van der Waals surface area contributed by atoms with Crippen molar-refractivity contribution in [3.8, 4) is 5.13 Å². The Morgan fingerprint density at radius 1 is 1.41 bits per heavy atom. The molecule has 0 radical (unpaired) electrons. The molecule has 1 aliphatic heterocycles. The molecular formula is C19H21N7O5S. The SMILES string of the molecule is Cc1cc(N2CC(ON(C)C(=O)CCN)C2)nc2c1c(=O)c(C(=O)O)cn2-c1ncns1. The maximum absolute atomic E-state index is 12.8.